The van der Waals surface area contributed by atoms with Crippen molar-refractivity contribution < 1.29 is 19.3 Å². The van der Waals surface area contributed by atoms with Crippen molar-refractivity contribution in [2.45, 2.75) is 37.6 Å². The van der Waals surface area contributed by atoms with Crippen molar-refractivity contribution in [2.24, 2.45) is 0 Å². The van der Waals surface area contributed by atoms with E-state index in [9.17, 15) is 5.11 Å². The van der Waals surface area contributed by atoms with Crippen LogP contribution in [0.1, 0.15) is 30.9 Å². The quantitative estimate of drug-likeness (QED) is 0.435. The van der Waals surface area contributed by atoms with Crippen LogP contribution >= 0.6 is 11.8 Å². The molecule has 0 radical (unpaired) electrons. The average molecular weight is 443 g/mol. The number of aliphatic hydroxyl groups excluding tert-OH is 1. The summed E-state index contributed by atoms with van der Waals surface area (Å²) in [7, 11) is 3.21. The fourth-order valence-electron chi connectivity index (χ4n) is 3.28. The minimum absolute atomic E-state index is 0.241. The molecule has 1 atom stereocenters. The number of benzene rings is 2. The minimum Gasteiger partial charge on any atom is -0.493 e. The number of methoxy groups -OCH3 is 2. The first-order valence-electron chi connectivity index (χ1n) is 10.3. The fraction of sp³-hybridized carbons (Fsp3) is 0.375. The molecular formula is C24H30N2O4S. The third-order valence-corrected chi connectivity index (χ3v) is 5.97. The zero-order valence-corrected chi connectivity index (χ0v) is 19.3. The van der Waals surface area contributed by atoms with Gasteiger partial charge in [0.1, 0.15) is 0 Å². The topological polar surface area (TPSA) is 65.7 Å². The molecular weight excluding hydrogens is 412 g/mol. The largest absolute Gasteiger partial charge is 0.493 e. The maximum Gasteiger partial charge on any atom is 0.172 e. The molecule has 31 heavy (non-hydrogen) atoms. The second kappa shape index (κ2) is 11.2. The molecule has 0 saturated carbocycles. The lowest BCUT2D eigenvalue weighted by molar-refractivity contribution is 0.0397. The number of aliphatic hydroxyl groups is 1. The van der Waals surface area contributed by atoms with Gasteiger partial charge in [-0.2, -0.15) is 0 Å². The van der Waals surface area contributed by atoms with Crippen LogP contribution in [-0.2, 0) is 11.3 Å². The van der Waals surface area contributed by atoms with Crippen LogP contribution in [0.3, 0.4) is 0 Å². The van der Waals surface area contributed by atoms with Crippen molar-refractivity contribution >= 4 is 11.8 Å². The Morgan fingerprint density at radius 1 is 1.06 bits per heavy atom. The molecule has 7 heteroatoms. The van der Waals surface area contributed by atoms with Crippen LogP contribution in [0.25, 0.3) is 5.69 Å². The zero-order chi connectivity index (χ0) is 22.2. The number of hydrogen-bond donors (Lipinski definition) is 1. The van der Waals surface area contributed by atoms with E-state index >= 15 is 0 Å². The second-order valence-electron chi connectivity index (χ2n) is 7.46. The lowest BCUT2D eigenvalue weighted by Gasteiger charge is -2.16. The molecule has 3 rings (SSSR count). The number of imidazole rings is 1. The molecule has 1 heterocycles. The number of thioether (sulfide) groups is 1. The third kappa shape index (κ3) is 6.03. The van der Waals surface area contributed by atoms with Gasteiger partial charge in [-0.05, 0) is 35.2 Å². The van der Waals surface area contributed by atoms with Gasteiger partial charge in [-0.15, -0.1) is 0 Å². The van der Waals surface area contributed by atoms with Crippen LogP contribution in [0, 0.1) is 0 Å². The van der Waals surface area contributed by atoms with E-state index in [-0.39, 0.29) is 6.61 Å². The Morgan fingerprint density at radius 2 is 1.84 bits per heavy atom. The van der Waals surface area contributed by atoms with Crippen molar-refractivity contribution in [3.05, 3.63) is 66.0 Å². The molecule has 0 fully saturated rings. The van der Waals surface area contributed by atoms with E-state index in [2.05, 4.69) is 41.6 Å². The number of nitrogens with zero attached hydrogens (tertiary/aromatic N) is 2. The highest BCUT2D eigenvalue weighted by Crippen LogP contribution is 2.29. The summed E-state index contributed by atoms with van der Waals surface area (Å²) in [6.45, 7) is 4.99. The van der Waals surface area contributed by atoms with Gasteiger partial charge in [0.05, 0.1) is 39.2 Å². The van der Waals surface area contributed by atoms with E-state index in [4.69, 9.17) is 14.2 Å². The summed E-state index contributed by atoms with van der Waals surface area (Å²) in [6, 6.07) is 14.0. The summed E-state index contributed by atoms with van der Waals surface area (Å²) < 4.78 is 18.3. The number of hydrogen-bond acceptors (Lipinski definition) is 6. The summed E-state index contributed by atoms with van der Waals surface area (Å²) in [4.78, 5) is 4.48. The summed E-state index contributed by atoms with van der Waals surface area (Å²) in [6.07, 6.45) is 3.15. The Morgan fingerprint density at radius 3 is 2.58 bits per heavy atom. The highest BCUT2D eigenvalue weighted by atomic mass is 32.2. The Kier molecular flexibility index (Phi) is 8.40. The molecule has 0 saturated heterocycles. The Hall–Kier alpha value is -2.48. The van der Waals surface area contributed by atoms with E-state index in [0.29, 0.717) is 29.8 Å². The van der Waals surface area contributed by atoms with Crippen molar-refractivity contribution in [1.82, 2.24) is 9.55 Å². The first kappa shape index (κ1) is 23.2. The minimum atomic E-state index is -0.601. The molecule has 1 unspecified atom stereocenters. The molecule has 0 aliphatic heterocycles. The van der Waals surface area contributed by atoms with Gasteiger partial charge in [0.2, 0.25) is 0 Å². The first-order chi connectivity index (χ1) is 15.0. The molecule has 6 nitrogen and oxygen atoms in total. The third-order valence-electron chi connectivity index (χ3n) is 4.86. The van der Waals surface area contributed by atoms with Gasteiger partial charge in [0.25, 0.3) is 0 Å². The van der Waals surface area contributed by atoms with E-state index < -0.39 is 6.10 Å². The molecule has 0 spiro atoms. The molecule has 166 valence electrons. The molecule has 1 aromatic heterocycles. The zero-order valence-electron chi connectivity index (χ0n) is 18.4. The molecule has 0 amide bonds. The van der Waals surface area contributed by atoms with Gasteiger partial charge in [-0.1, -0.05) is 49.9 Å². The van der Waals surface area contributed by atoms with Gasteiger partial charge in [-0.3, -0.25) is 4.57 Å². The summed E-state index contributed by atoms with van der Waals surface area (Å²) >= 11 is 1.52. The summed E-state index contributed by atoms with van der Waals surface area (Å²) in [5.41, 5.74) is 3.34. The average Bonchev–Trinajstić information content (AvgIpc) is 3.26. The van der Waals surface area contributed by atoms with E-state index in [1.807, 2.05) is 30.5 Å². The van der Waals surface area contributed by atoms with Crippen LogP contribution in [0.4, 0.5) is 0 Å². The summed E-state index contributed by atoms with van der Waals surface area (Å²) in [5, 5.41) is 11.2. The molecule has 3 aromatic rings. The van der Waals surface area contributed by atoms with Crippen LogP contribution in [0.15, 0.2) is 60.0 Å². The van der Waals surface area contributed by atoms with Gasteiger partial charge in [-0.25, -0.2) is 4.98 Å². The maximum atomic E-state index is 10.4. The predicted octanol–water partition coefficient (Wildman–Crippen LogP) is 4.68. The van der Waals surface area contributed by atoms with Crippen molar-refractivity contribution in [2.75, 3.05) is 26.6 Å². The number of ether oxygens (including phenoxy) is 3. The van der Waals surface area contributed by atoms with Crippen molar-refractivity contribution in [3.8, 4) is 17.2 Å². The molecule has 0 aliphatic rings. The molecule has 0 aliphatic carbocycles. The lowest BCUT2D eigenvalue weighted by Crippen LogP contribution is -2.18. The van der Waals surface area contributed by atoms with Crippen LogP contribution in [-0.4, -0.2) is 47.3 Å². The van der Waals surface area contributed by atoms with Gasteiger partial charge >= 0.3 is 0 Å². The number of aromatic nitrogens is 2. The van der Waals surface area contributed by atoms with E-state index in [1.54, 1.807) is 20.4 Å². The van der Waals surface area contributed by atoms with Crippen LogP contribution < -0.4 is 9.47 Å². The molecule has 2 aromatic carbocycles. The van der Waals surface area contributed by atoms with Gasteiger partial charge in [0.15, 0.2) is 16.7 Å². The summed E-state index contributed by atoms with van der Waals surface area (Å²) in [5.74, 6) is 2.24. The Labute approximate surface area is 188 Å². The van der Waals surface area contributed by atoms with Crippen LogP contribution in [0.5, 0.6) is 11.5 Å². The van der Waals surface area contributed by atoms with E-state index in [0.717, 1.165) is 16.4 Å². The standard InChI is InChI=1S/C24H30N2O4S/c1-17(2)20-7-5-6-8-21(20)26-12-11-25-24(26)31-16-19(27)15-30-14-18-9-10-22(28-3)23(13-18)29-4/h5-13,17,19,27H,14-16H2,1-4H3. The highest BCUT2D eigenvalue weighted by molar-refractivity contribution is 7.99. The van der Waals surface area contributed by atoms with Gasteiger partial charge in [0, 0.05) is 18.1 Å². The Bertz CT molecular complexity index is 974. The number of rotatable bonds is 11. The second-order valence-corrected chi connectivity index (χ2v) is 8.45. The predicted molar refractivity (Wildman–Crippen MR) is 124 cm³/mol. The smallest absolute Gasteiger partial charge is 0.172 e. The monoisotopic (exact) mass is 442 g/mol. The normalized spacial score (nSPS) is 12.2. The first-order valence-corrected chi connectivity index (χ1v) is 11.2. The lowest BCUT2D eigenvalue weighted by atomic mass is 10.0. The van der Waals surface area contributed by atoms with Crippen molar-refractivity contribution in [3.63, 3.8) is 0 Å². The number of para-hydroxylation sites is 1. The molecule has 1 N–H and O–H groups in total. The SMILES string of the molecule is COc1ccc(COCC(O)CSc2nccn2-c2ccccc2C(C)C)cc1OC. The van der Waals surface area contributed by atoms with Gasteiger partial charge < -0.3 is 19.3 Å². The Balaban J connectivity index is 1.54. The molecule has 0 bridgehead atoms. The highest BCUT2D eigenvalue weighted by Gasteiger charge is 2.14. The maximum absolute atomic E-state index is 10.4. The fourth-order valence-corrected chi connectivity index (χ4v) is 4.15. The van der Waals surface area contributed by atoms with E-state index in [1.165, 1.54) is 17.3 Å². The van der Waals surface area contributed by atoms with Crippen molar-refractivity contribution in [1.29, 1.82) is 0 Å². The van der Waals surface area contributed by atoms with Crippen LogP contribution in [0.2, 0.25) is 0 Å².